The van der Waals surface area contributed by atoms with Gasteiger partial charge < -0.3 is 11.1 Å². The average molecular weight is 378 g/mol. The van der Waals surface area contributed by atoms with Crippen LogP contribution in [0.15, 0.2) is 21.2 Å². The minimum absolute atomic E-state index is 0.368. The molecule has 1 fully saturated rings. The summed E-state index contributed by atoms with van der Waals surface area (Å²) in [5.41, 5.74) is 6.21. The van der Waals surface area contributed by atoms with E-state index in [4.69, 9.17) is 5.73 Å². The lowest BCUT2D eigenvalue weighted by Crippen LogP contribution is -2.48. The summed E-state index contributed by atoms with van der Waals surface area (Å²) in [5, 5.41) is 3.25. The van der Waals surface area contributed by atoms with Crippen molar-refractivity contribution in [1.82, 2.24) is 15.2 Å². The van der Waals surface area contributed by atoms with Crippen molar-refractivity contribution in [1.29, 1.82) is 0 Å². The lowest BCUT2D eigenvalue weighted by Gasteiger charge is -2.33. The first kappa shape index (κ1) is 13.9. The van der Waals surface area contributed by atoms with Crippen molar-refractivity contribution in [2.24, 2.45) is 5.73 Å². The van der Waals surface area contributed by atoms with E-state index in [1.54, 1.807) is 6.20 Å². The number of piperazine rings is 1. The Kier molecular flexibility index (Phi) is 4.71. The van der Waals surface area contributed by atoms with Gasteiger partial charge in [0.1, 0.15) is 6.04 Å². The highest BCUT2D eigenvalue weighted by Crippen LogP contribution is 2.28. The number of aromatic nitrogens is 1. The van der Waals surface area contributed by atoms with Crippen LogP contribution in [0.1, 0.15) is 11.7 Å². The summed E-state index contributed by atoms with van der Waals surface area (Å²) in [6, 6.07) is 1.40. The molecule has 1 saturated heterocycles. The van der Waals surface area contributed by atoms with Crippen molar-refractivity contribution in [3.63, 3.8) is 0 Å². The van der Waals surface area contributed by atoms with Gasteiger partial charge >= 0.3 is 0 Å². The molecule has 5 nitrogen and oxygen atoms in total. The number of nitrogens with zero attached hydrogens (tertiary/aromatic N) is 2. The van der Waals surface area contributed by atoms with Gasteiger partial charge in [-0.2, -0.15) is 0 Å². The summed E-state index contributed by atoms with van der Waals surface area (Å²) < 4.78 is 1.65. The zero-order valence-corrected chi connectivity index (χ0v) is 12.9. The van der Waals surface area contributed by atoms with Crippen LogP contribution < -0.4 is 11.1 Å². The van der Waals surface area contributed by atoms with E-state index in [-0.39, 0.29) is 5.91 Å². The van der Waals surface area contributed by atoms with E-state index >= 15 is 0 Å². The number of halogens is 2. The summed E-state index contributed by atoms with van der Waals surface area (Å²) in [4.78, 5) is 18.1. The highest BCUT2D eigenvalue weighted by molar-refractivity contribution is 9.11. The predicted molar refractivity (Wildman–Crippen MR) is 76.0 cm³/mol. The number of primary amides is 1. The first-order valence-electron chi connectivity index (χ1n) is 5.64. The zero-order valence-electron chi connectivity index (χ0n) is 9.70. The van der Waals surface area contributed by atoms with Gasteiger partial charge in [-0.15, -0.1) is 0 Å². The van der Waals surface area contributed by atoms with E-state index in [0.29, 0.717) is 5.69 Å². The molecule has 3 N–H and O–H groups in total. The molecule has 0 aromatic carbocycles. The van der Waals surface area contributed by atoms with Crippen molar-refractivity contribution in [2.75, 3.05) is 26.2 Å². The first-order chi connectivity index (χ1) is 8.59. The van der Waals surface area contributed by atoms with Crippen molar-refractivity contribution < 1.29 is 4.79 Å². The first-order valence-corrected chi connectivity index (χ1v) is 7.23. The van der Waals surface area contributed by atoms with Gasteiger partial charge in [0, 0.05) is 41.3 Å². The van der Waals surface area contributed by atoms with Crippen LogP contribution in [-0.2, 0) is 4.79 Å². The largest absolute Gasteiger partial charge is 0.368 e. The summed E-state index contributed by atoms with van der Waals surface area (Å²) in [6.07, 6.45) is 1.68. The Bertz CT molecular complexity index is 449. The molecule has 0 bridgehead atoms. The molecule has 0 radical (unpaired) electrons. The molecular formula is C11H14Br2N4O. The molecule has 18 heavy (non-hydrogen) atoms. The van der Waals surface area contributed by atoms with E-state index < -0.39 is 6.04 Å². The third-order valence-electron chi connectivity index (χ3n) is 2.88. The molecule has 1 aromatic heterocycles. The molecule has 2 rings (SSSR count). The minimum atomic E-state index is -0.477. The van der Waals surface area contributed by atoms with E-state index in [2.05, 4.69) is 47.1 Å². The second kappa shape index (κ2) is 6.10. The van der Waals surface area contributed by atoms with Crippen molar-refractivity contribution in [3.05, 3.63) is 26.9 Å². The Labute approximate surface area is 122 Å². The smallest absolute Gasteiger partial charge is 0.241 e. The van der Waals surface area contributed by atoms with Crippen LogP contribution in [0.4, 0.5) is 0 Å². The summed E-state index contributed by atoms with van der Waals surface area (Å²) in [7, 11) is 0. The van der Waals surface area contributed by atoms with E-state index in [1.165, 1.54) is 0 Å². The monoisotopic (exact) mass is 376 g/mol. The predicted octanol–water partition coefficient (Wildman–Crippen LogP) is 1.04. The summed E-state index contributed by atoms with van der Waals surface area (Å²) in [5.74, 6) is -0.368. The lowest BCUT2D eigenvalue weighted by atomic mass is 10.1. The average Bonchev–Trinajstić information content (AvgIpc) is 2.33. The molecule has 1 aromatic rings. The number of nitrogens with two attached hydrogens (primary N) is 1. The molecule has 0 saturated carbocycles. The quantitative estimate of drug-likeness (QED) is 0.825. The van der Waals surface area contributed by atoms with Crippen LogP contribution in [0.3, 0.4) is 0 Å². The van der Waals surface area contributed by atoms with E-state index in [9.17, 15) is 4.79 Å². The molecule has 0 spiro atoms. The zero-order chi connectivity index (χ0) is 13.1. The number of hydrogen-bond acceptors (Lipinski definition) is 4. The van der Waals surface area contributed by atoms with Gasteiger partial charge in [-0.05, 0) is 37.9 Å². The Morgan fingerprint density at radius 2 is 2.11 bits per heavy atom. The molecule has 0 aliphatic carbocycles. The lowest BCUT2D eigenvalue weighted by molar-refractivity contribution is -0.123. The Balaban J connectivity index is 2.31. The number of carbonyl (C=O) groups is 1. The van der Waals surface area contributed by atoms with Crippen LogP contribution in [0.25, 0.3) is 0 Å². The SMILES string of the molecule is NC(=O)C(c1ncc(Br)cc1Br)N1CCNCC1. The molecule has 7 heteroatoms. The van der Waals surface area contributed by atoms with Gasteiger partial charge in [0.2, 0.25) is 5.91 Å². The molecule has 98 valence electrons. The second-order valence-corrected chi connectivity index (χ2v) is 5.88. The topological polar surface area (TPSA) is 71.2 Å². The van der Waals surface area contributed by atoms with Gasteiger partial charge in [0.15, 0.2) is 0 Å². The second-order valence-electron chi connectivity index (χ2n) is 4.11. The van der Waals surface area contributed by atoms with Gasteiger partial charge in [0.25, 0.3) is 0 Å². The van der Waals surface area contributed by atoms with Crippen molar-refractivity contribution in [3.8, 4) is 0 Å². The standard InChI is InChI=1S/C11H14Br2N4O/c12-7-5-8(13)9(16-6-7)10(11(14)18)17-3-1-15-2-4-17/h5-6,10,15H,1-4H2,(H2,14,18). The van der Waals surface area contributed by atoms with Gasteiger partial charge in [-0.3, -0.25) is 14.7 Å². The third kappa shape index (κ3) is 3.09. The molecule has 1 unspecified atom stereocenters. The summed E-state index contributed by atoms with van der Waals surface area (Å²) >= 11 is 6.79. The maximum Gasteiger partial charge on any atom is 0.241 e. The number of pyridine rings is 1. The molecule has 1 aliphatic rings. The van der Waals surface area contributed by atoms with Crippen LogP contribution in [0.5, 0.6) is 0 Å². The molecular weight excluding hydrogens is 364 g/mol. The van der Waals surface area contributed by atoms with Crippen molar-refractivity contribution in [2.45, 2.75) is 6.04 Å². The number of rotatable bonds is 3. The van der Waals surface area contributed by atoms with Crippen LogP contribution >= 0.6 is 31.9 Å². The highest BCUT2D eigenvalue weighted by Gasteiger charge is 2.29. The Morgan fingerprint density at radius 3 is 2.67 bits per heavy atom. The Hall–Kier alpha value is -0.500. The maximum atomic E-state index is 11.7. The van der Waals surface area contributed by atoms with Gasteiger partial charge in [0.05, 0.1) is 5.69 Å². The minimum Gasteiger partial charge on any atom is -0.368 e. The molecule has 1 atom stereocenters. The number of nitrogens with one attached hydrogen (secondary N) is 1. The molecule has 2 heterocycles. The number of amides is 1. The van der Waals surface area contributed by atoms with E-state index in [0.717, 1.165) is 35.1 Å². The number of hydrogen-bond donors (Lipinski definition) is 2. The van der Waals surface area contributed by atoms with Crippen molar-refractivity contribution >= 4 is 37.8 Å². The molecule has 1 aliphatic heterocycles. The Morgan fingerprint density at radius 1 is 1.44 bits per heavy atom. The maximum absolute atomic E-state index is 11.7. The van der Waals surface area contributed by atoms with Gasteiger partial charge in [-0.1, -0.05) is 0 Å². The van der Waals surface area contributed by atoms with Crippen LogP contribution in [0, 0.1) is 0 Å². The highest BCUT2D eigenvalue weighted by atomic mass is 79.9. The number of carbonyl (C=O) groups excluding carboxylic acids is 1. The van der Waals surface area contributed by atoms with Crippen LogP contribution in [0.2, 0.25) is 0 Å². The third-order valence-corrected chi connectivity index (χ3v) is 3.95. The van der Waals surface area contributed by atoms with Crippen LogP contribution in [-0.4, -0.2) is 42.0 Å². The fourth-order valence-electron chi connectivity index (χ4n) is 2.05. The normalized spacial score (nSPS) is 18.6. The molecule has 1 amide bonds. The fraction of sp³-hybridized carbons (Fsp3) is 0.455. The van der Waals surface area contributed by atoms with E-state index in [1.807, 2.05) is 6.07 Å². The summed E-state index contributed by atoms with van der Waals surface area (Å²) in [6.45, 7) is 3.30. The fourth-order valence-corrected chi connectivity index (χ4v) is 3.26. The van der Waals surface area contributed by atoms with Gasteiger partial charge in [-0.25, -0.2) is 0 Å².